The number of carbonyl (C=O) groups is 1. The van der Waals surface area contributed by atoms with E-state index in [1.54, 1.807) is 0 Å². The standard InChI is InChI=1S/C21H35N5O3/c1-5-6-7-8-9-10-11-13-26-18(28)16-17(24-19(23-16)21(2,3)4)25(20(26)29)14-12-15(22)27/h5-14H2,1-4H3,(H2,22,27)(H,23,24). The summed E-state index contributed by atoms with van der Waals surface area (Å²) in [5.74, 6) is 0.131. The predicted molar refractivity (Wildman–Crippen MR) is 115 cm³/mol. The minimum atomic E-state index is -0.499. The molecule has 2 aromatic heterocycles. The van der Waals surface area contributed by atoms with Crippen molar-refractivity contribution < 1.29 is 4.79 Å². The van der Waals surface area contributed by atoms with Crippen molar-refractivity contribution in [1.29, 1.82) is 0 Å². The number of nitrogens with two attached hydrogens (primary N) is 1. The molecule has 29 heavy (non-hydrogen) atoms. The number of rotatable bonds is 11. The van der Waals surface area contributed by atoms with Crippen LogP contribution in [-0.2, 0) is 23.3 Å². The number of aryl methyl sites for hydroxylation is 1. The molecule has 8 heteroatoms. The highest BCUT2D eigenvalue weighted by atomic mass is 16.2. The SMILES string of the molecule is CCCCCCCCCn1c(=O)c2[nH]c(C(C)(C)C)nc2n(CCC(N)=O)c1=O. The largest absolute Gasteiger partial charge is 0.370 e. The first kappa shape index (κ1) is 22.9. The van der Waals surface area contributed by atoms with Crippen LogP contribution in [0, 0.1) is 0 Å². The van der Waals surface area contributed by atoms with Crippen LogP contribution in [0.2, 0.25) is 0 Å². The number of fused-ring (bicyclic) bond motifs is 1. The van der Waals surface area contributed by atoms with E-state index in [0.717, 1.165) is 19.3 Å². The lowest BCUT2D eigenvalue weighted by Crippen LogP contribution is -2.40. The highest BCUT2D eigenvalue weighted by Gasteiger charge is 2.23. The smallest absolute Gasteiger partial charge is 0.332 e. The molecular weight excluding hydrogens is 370 g/mol. The van der Waals surface area contributed by atoms with Crippen molar-refractivity contribution in [1.82, 2.24) is 19.1 Å². The third-order valence-corrected chi connectivity index (χ3v) is 5.14. The number of hydrogen-bond donors (Lipinski definition) is 2. The third-order valence-electron chi connectivity index (χ3n) is 5.14. The van der Waals surface area contributed by atoms with E-state index in [0.29, 0.717) is 23.5 Å². The number of unbranched alkanes of at least 4 members (excludes halogenated alkanes) is 6. The van der Waals surface area contributed by atoms with Gasteiger partial charge >= 0.3 is 5.69 Å². The molecular formula is C21H35N5O3. The molecule has 0 spiro atoms. The fourth-order valence-electron chi connectivity index (χ4n) is 3.37. The summed E-state index contributed by atoms with van der Waals surface area (Å²) in [6, 6.07) is 0. The Labute approximate surface area is 171 Å². The van der Waals surface area contributed by atoms with Crippen LogP contribution >= 0.6 is 0 Å². The first-order chi connectivity index (χ1) is 13.7. The van der Waals surface area contributed by atoms with Crippen LogP contribution in [0.1, 0.15) is 84.9 Å². The highest BCUT2D eigenvalue weighted by Crippen LogP contribution is 2.20. The number of aromatic nitrogens is 4. The van der Waals surface area contributed by atoms with Gasteiger partial charge in [0, 0.05) is 24.9 Å². The Bertz CT molecular complexity index is 946. The Balaban J connectivity index is 2.33. The maximum absolute atomic E-state index is 13.0. The topological polar surface area (TPSA) is 116 Å². The van der Waals surface area contributed by atoms with Crippen LogP contribution in [0.15, 0.2) is 9.59 Å². The Kier molecular flexibility index (Phi) is 7.81. The molecule has 162 valence electrons. The summed E-state index contributed by atoms with van der Waals surface area (Å²) in [6.07, 6.45) is 7.73. The zero-order chi connectivity index (χ0) is 21.6. The number of hydrogen-bond acceptors (Lipinski definition) is 4. The summed E-state index contributed by atoms with van der Waals surface area (Å²) in [5, 5.41) is 0. The van der Waals surface area contributed by atoms with E-state index in [1.807, 2.05) is 20.8 Å². The van der Waals surface area contributed by atoms with Gasteiger partial charge in [-0.05, 0) is 6.42 Å². The fourth-order valence-corrected chi connectivity index (χ4v) is 3.37. The van der Waals surface area contributed by atoms with Crippen LogP contribution in [0.25, 0.3) is 11.2 Å². The molecule has 0 bridgehead atoms. The van der Waals surface area contributed by atoms with Crippen molar-refractivity contribution in [3.63, 3.8) is 0 Å². The van der Waals surface area contributed by atoms with Crippen LogP contribution in [0.4, 0.5) is 0 Å². The molecule has 0 aromatic carbocycles. The minimum absolute atomic E-state index is 0.0162. The second-order valence-corrected chi connectivity index (χ2v) is 8.76. The number of amides is 1. The summed E-state index contributed by atoms with van der Waals surface area (Å²) < 4.78 is 2.66. The van der Waals surface area contributed by atoms with Gasteiger partial charge in [0.15, 0.2) is 5.65 Å². The highest BCUT2D eigenvalue weighted by molar-refractivity contribution is 5.74. The van der Waals surface area contributed by atoms with Gasteiger partial charge in [-0.1, -0.05) is 66.2 Å². The Morgan fingerprint density at radius 1 is 1.00 bits per heavy atom. The van der Waals surface area contributed by atoms with Gasteiger partial charge in [-0.15, -0.1) is 0 Å². The Morgan fingerprint density at radius 2 is 1.62 bits per heavy atom. The molecule has 0 aliphatic carbocycles. The average Bonchev–Trinajstić information content (AvgIpc) is 3.09. The molecule has 1 amide bonds. The van der Waals surface area contributed by atoms with Gasteiger partial charge in [-0.25, -0.2) is 9.78 Å². The Morgan fingerprint density at radius 3 is 2.21 bits per heavy atom. The molecule has 2 rings (SSSR count). The number of carbonyl (C=O) groups excluding carboxylic acids is 1. The summed E-state index contributed by atoms with van der Waals surface area (Å²) in [6.45, 7) is 8.60. The number of H-pyrrole nitrogens is 1. The van der Waals surface area contributed by atoms with E-state index in [1.165, 1.54) is 34.8 Å². The molecule has 2 aromatic rings. The number of nitrogens with zero attached hydrogens (tertiary/aromatic N) is 3. The molecule has 0 saturated heterocycles. The maximum Gasteiger partial charge on any atom is 0.332 e. The lowest BCUT2D eigenvalue weighted by molar-refractivity contribution is -0.118. The van der Waals surface area contributed by atoms with Gasteiger partial charge in [0.2, 0.25) is 5.91 Å². The van der Waals surface area contributed by atoms with E-state index >= 15 is 0 Å². The molecule has 0 unspecified atom stereocenters. The molecule has 0 aliphatic rings. The lowest BCUT2D eigenvalue weighted by atomic mass is 9.96. The van der Waals surface area contributed by atoms with E-state index in [2.05, 4.69) is 16.9 Å². The quantitative estimate of drug-likeness (QED) is 0.559. The van der Waals surface area contributed by atoms with Crippen molar-refractivity contribution in [3.05, 3.63) is 26.7 Å². The average molecular weight is 406 g/mol. The molecule has 0 aliphatic heterocycles. The number of aromatic amines is 1. The van der Waals surface area contributed by atoms with Crippen molar-refractivity contribution in [2.75, 3.05) is 0 Å². The van der Waals surface area contributed by atoms with Crippen LogP contribution < -0.4 is 17.0 Å². The first-order valence-electron chi connectivity index (χ1n) is 10.7. The number of imidazole rings is 1. The summed E-state index contributed by atoms with van der Waals surface area (Å²) in [7, 11) is 0. The van der Waals surface area contributed by atoms with E-state index in [9.17, 15) is 14.4 Å². The molecule has 3 N–H and O–H groups in total. The molecule has 8 nitrogen and oxygen atoms in total. The van der Waals surface area contributed by atoms with Gasteiger partial charge in [0.1, 0.15) is 11.3 Å². The van der Waals surface area contributed by atoms with Crippen molar-refractivity contribution in [2.24, 2.45) is 5.73 Å². The molecule has 0 atom stereocenters. The third kappa shape index (κ3) is 5.81. The van der Waals surface area contributed by atoms with Gasteiger partial charge < -0.3 is 10.7 Å². The second-order valence-electron chi connectivity index (χ2n) is 8.76. The molecule has 2 heterocycles. The predicted octanol–water partition coefficient (Wildman–Crippen LogP) is 2.81. The van der Waals surface area contributed by atoms with Crippen LogP contribution in [0.5, 0.6) is 0 Å². The summed E-state index contributed by atoms with van der Waals surface area (Å²) in [5.41, 5.74) is 4.79. The molecule has 0 saturated carbocycles. The summed E-state index contributed by atoms with van der Waals surface area (Å²) in [4.78, 5) is 44.8. The van der Waals surface area contributed by atoms with Gasteiger partial charge in [0.05, 0.1) is 0 Å². The van der Waals surface area contributed by atoms with Crippen molar-refractivity contribution in [3.8, 4) is 0 Å². The maximum atomic E-state index is 13.0. The zero-order valence-electron chi connectivity index (χ0n) is 18.2. The first-order valence-corrected chi connectivity index (χ1v) is 10.7. The molecule has 0 fully saturated rings. The van der Waals surface area contributed by atoms with Crippen molar-refractivity contribution >= 4 is 17.1 Å². The van der Waals surface area contributed by atoms with Gasteiger partial charge in [0.25, 0.3) is 5.56 Å². The number of primary amides is 1. The summed E-state index contributed by atoms with van der Waals surface area (Å²) >= 11 is 0. The Hall–Kier alpha value is -2.38. The van der Waals surface area contributed by atoms with Crippen molar-refractivity contribution in [2.45, 2.75) is 97.6 Å². The normalized spacial score (nSPS) is 12.0. The van der Waals surface area contributed by atoms with E-state index < -0.39 is 11.6 Å². The lowest BCUT2D eigenvalue weighted by Gasteiger charge is -2.13. The monoisotopic (exact) mass is 405 g/mol. The molecule has 0 radical (unpaired) electrons. The van der Waals surface area contributed by atoms with Gasteiger partial charge in [-0.3, -0.25) is 18.7 Å². The van der Waals surface area contributed by atoms with Gasteiger partial charge in [-0.2, -0.15) is 0 Å². The van der Waals surface area contributed by atoms with E-state index in [-0.39, 0.29) is 23.9 Å². The second kappa shape index (κ2) is 9.89. The number of nitrogens with one attached hydrogen (secondary N) is 1. The zero-order valence-corrected chi connectivity index (χ0v) is 18.2. The fraction of sp³-hybridized carbons (Fsp3) is 0.714. The minimum Gasteiger partial charge on any atom is -0.370 e. The van der Waals surface area contributed by atoms with Crippen LogP contribution in [0.3, 0.4) is 0 Å². The van der Waals surface area contributed by atoms with Crippen LogP contribution in [-0.4, -0.2) is 25.0 Å². The van der Waals surface area contributed by atoms with E-state index in [4.69, 9.17) is 5.73 Å².